The first-order chi connectivity index (χ1) is 4.09. The van der Waals surface area contributed by atoms with Gasteiger partial charge in [-0.2, -0.15) is 0 Å². The third kappa shape index (κ3) is 4.09. The Kier molecular flexibility index (Phi) is 7.65. The van der Waals surface area contributed by atoms with Crippen LogP contribution in [0.2, 0.25) is 0 Å². The first-order valence-electron chi connectivity index (χ1n) is 2.95. The van der Waals surface area contributed by atoms with Crippen molar-refractivity contribution in [3.05, 3.63) is 0 Å². The maximum Gasteiger partial charge on any atom is 0.238 e. The Morgan fingerprint density at radius 2 is 2.00 bits per heavy atom. The van der Waals surface area contributed by atoms with E-state index in [0.29, 0.717) is 0 Å². The Bertz CT molecular complexity index is 106. The third-order valence-electron chi connectivity index (χ3n) is 1.27. The minimum absolute atomic E-state index is 0. The van der Waals surface area contributed by atoms with E-state index in [2.05, 4.69) is 0 Å². The van der Waals surface area contributed by atoms with E-state index in [1.165, 1.54) is 0 Å². The van der Waals surface area contributed by atoms with Gasteiger partial charge >= 0.3 is 0 Å². The standard InChI is InChI=1S/C6H12ClNO.ClH/c1-4-5(6(7)9)8(2)3;/h5H,4H2,1-3H3;1H. The van der Waals surface area contributed by atoms with Gasteiger partial charge in [-0.3, -0.25) is 9.69 Å². The van der Waals surface area contributed by atoms with E-state index < -0.39 is 0 Å². The van der Waals surface area contributed by atoms with Crippen LogP contribution in [0.15, 0.2) is 0 Å². The molecule has 0 fully saturated rings. The summed E-state index contributed by atoms with van der Waals surface area (Å²) in [6.45, 7) is 1.94. The van der Waals surface area contributed by atoms with Gasteiger partial charge < -0.3 is 0 Å². The van der Waals surface area contributed by atoms with Crippen LogP contribution in [0.3, 0.4) is 0 Å². The number of carbonyl (C=O) groups excluding carboxylic acids is 1. The fourth-order valence-corrected chi connectivity index (χ4v) is 1.08. The van der Waals surface area contributed by atoms with Crippen LogP contribution in [-0.2, 0) is 4.79 Å². The molecule has 62 valence electrons. The molecule has 0 aliphatic carbocycles. The van der Waals surface area contributed by atoms with E-state index >= 15 is 0 Å². The molecule has 0 heterocycles. The molecule has 0 saturated carbocycles. The Morgan fingerprint density at radius 1 is 1.60 bits per heavy atom. The summed E-state index contributed by atoms with van der Waals surface area (Å²) in [7, 11) is 3.68. The van der Waals surface area contributed by atoms with Crippen LogP contribution in [-0.4, -0.2) is 30.3 Å². The summed E-state index contributed by atoms with van der Waals surface area (Å²) in [5, 5.41) is -0.275. The topological polar surface area (TPSA) is 20.3 Å². The molecule has 0 spiro atoms. The molecule has 0 amide bonds. The quantitative estimate of drug-likeness (QED) is 0.622. The molecule has 0 N–H and O–H groups in total. The lowest BCUT2D eigenvalue weighted by atomic mass is 10.2. The van der Waals surface area contributed by atoms with Crippen molar-refractivity contribution >= 4 is 29.3 Å². The number of carbonyl (C=O) groups is 1. The number of nitrogens with zero attached hydrogens (tertiary/aromatic N) is 1. The fourth-order valence-electron chi connectivity index (χ4n) is 0.729. The highest BCUT2D eigenvalue weighted by molar-refractivity contribution is 6.64. The molecule has 0 radical (unpaired) electrons. The van der Waals surface area contributed by atoms with E-state index in [1.54, 1.807) is 0 Å². The maximum atomic E-state index is 10.5. The molecule has 4 heteroatoms. The van der Waals surface area contributed by atoms with Gasteiger partial charge in [-0.1, -0.05) is 6.92 Å². The van der Waals surface area contributed by atoms with Crippen LogP contribution in [0.5, 0.6) is 0 Å². The van der Waals surface area contributed by atoms with Crippen molar-refractivity contribution in [2.75, 3.05) is 14.1 Å². The van der Waals surface area contributed by atoms with Crippen LogP contribution in [0.1, 0.15) is 13.3 Å². The van der Waals surface area contributed by atoms with E-state index in [1.807, 2.05) is 25.9 Å². The first kappa shape index (κ1) is 12.8. The first-order valence-corrected chi connectivity index (χ1v) is 3.33. The van der Waals surface area contributed by atoms with Crippen LogP contribution in [0, 0.1) is 0 Å². The highest BCUT2D eigenvalue weighted by Crippen LogP contribution is 2.02. The zero-order chi connectivity index (χ0) is 7.44. The molecule has 0 saturated heterocycles. The number of likely N-dealkylation sites (N-methyl/N-ethyl adjacent to an activating group) is 1. The Hall–Kier alpha value is 0.210. The minimum Gasteiger partial charge on any atom is -0.299 e. The van der Waals surface area contributed by atoms with E-state index in [0.717, 1.165) is 6.42 Å². The Balaban J connectivity index is 0. The van der Waals surface area contributed by atoms with Gasteiger partial charge in [0.1, 0.15) is 0 Å². The molecular formula is C6H13Cl2NO. The predicted molar refractivity (Wildman–Crippen MR) is 45.9 cm³/mol. The molecule has 0 aromatic carbocycles. The molecule has 10 heavy (non-hydrogen) atoms. The second-order valence-corrected chi connectivity index (χ2v) is 2.56. The van der Waals surface area contributed by atoms with Crippen LogP contribution < -0.4 is 0 Å². The van der Waals surface area contributed by atoms with Gasteiger partial charge in [-0.05, 0) is 32.1 Å². The normalized spacial score (nSPS) is 12.5. The van der Waals surface area contributed by atoms with Gasteiger partial charge in [0.15, 0.2) is 0 Å². The summed E-state index contributed by atoms with van der Waals surface area (Å²) in [6.07, 6.45) is 0.773. The van der Waals surface area contributed by atoms with Crippen molar-refractivity contribution in [3.8, 4) is 0 Å². The van der Waals surface area contributed by atoms with Crippen molar-refractivity contribution in [1.29, 1.82) is 0 Å². The molecule has 1 atom stereocenters. The summed E-state index contributed by atoms with van der Waals surface area (Å²) in [5.41, 5.74) is 0. The Morgan fingerprint density at radius 3 is 2.00 bits per heavy atom. The van der Waals surface area contributed by atoms with Gasteiger partial charge in [0.25, 0.3) is 0 Å². The van der Waals surface area contributed by atoms with Gasteiger partial charge in [-0.25, -0.2) is 0 Å². The summed E-state index contributed by atoms with van der Waals surface area (Å²) < 4.78 is 0. The second-order valence-electron chi connectivity index (χ2n) is 2.19. The van der Waals surface area contributed by atoms with Crippen molar-refractivity contribution in [1.82, 2.24) is 4.90 Å². The van der Waals surface area contributed by atoms with Crippen molar-refractivity contribution in [2.45, 2.75) is 19.4 Å². The largest absolute Gasteiger partial charge is 0.299 e. The molecule has 1 unspecified atom stereocenters. The van der Waals surface area contributed by atoms with Crippen LogP contribution >= 0.6 is 24.0 Å². The molecule has 0 aliphatic heterocycles. The van der Waals surface area contributed by atoms with Crippen molar-refractivity contribution in [3.63, 3.8) is 0 Å². The summed E-state index contributed by atoms with van der Waals surface area (Å²) in [6, 6.07) is -0.119. The van der Waals surface area contributed by atoms with E-state index in [-0.39, 0.29) is 23.7 Å². The van der Waals surface area contributed by atoms with Gasteiger partial charge in [0.05, 0.1) is 6.04 Å². The predicted octanol–water partition coefficient (Wildman–Crippen LogP) is 1.51. The number of hydrogen-bond acceptors (Lipinski definition) is 2. The molecular weight excluding hydrogens is 173 g/mol. The average Bonchev–Trinajstić information content (AvgIpc) is 1.64. The molecule has 0 bridgehead atoms. The fraction of sp³-hybridized carbons (Fsp3) is 0.833. The lowest BCUT2D eigenvalue weighted by Gasteiger charge is -2.17. The lowest BCUT2D eigenvalue weighted by molar-refractivity contribution is -0.115. The highest BCUT2D eigenvalue weighted by atomic mass is 35.5. The van der Waals surface area contributed by atoms with Crippen LogP contribution in [0.25, 0.3) is 0 Å². The smallest absolute Gasteiger partial charge is 0.238 e. The van der Waals surface area contributed by atoms with Gasteiger partial charge in [0.2, 0.25) is 5.24 Å². The van der Waals surface area contributed by atoms with E-state index in [9.17, 15) is 4.79 Å². The maximum absolute atomic E-state index is 10.5. The molecule has 0 aromatic heterocycles. The SMILES string of the molecule is CCC(C(=O)Cl)N(C)C.Cl. The molecule has 2 nitrogen and oxygen atoms in total. The summed E-state index contributed by atoms with van der Waals surface area (Å²) in [4.78, 5) is 12.4. The number of hydrogen-bond donors (Lipinski definition) is 0. The Labute approximate surface area is 72.9 Å². The highest BCUT2D eigenvalue weighted by Gasteiger charge is 2.14. The summed E-state index contributed by atoms with van der Waals surface area (Å²) >= 11 is 5.26. The van der Waals surface area contributed by atoms with E-state index in [4.69, 9.17) is 11.6 Å². The molecule has 0 rings (SSSR count). The van der Waals surface area contributed by atoms with Gasteiger partial charge in [-0.15, -0.1) is 12.4 Å². The minimum atomic E-state index is -0.275. The molecule has 0 aliphatic rings. The second kappa shape index (κ2) is 5.96. The number of halogens is 2. The summed E-state index contributed by atoms with van der Waals surface area (Å²) in [5.74, 6) is 0. The molecule has 0 aromatic rings. The monoisotopic (exact) mass is 185 g/mol. The van der Waals surface area contributed by atoms with Crippen molar-refractivity contribution < 1.29 is 4.79 Å². The number of rotatable bonds is 3. The zero-order valence-electron chi connectivity index (χ0n) is 6.43. The lowest BCUT2D eigenvalue weighted by Crippen LogP contribution is -2.32. The zero-order valence-corrected chi connectivity index (χ0v) is 8.00. The van der Waals surface area contributed by atoms with Gasteiger partial charge in [0, 0.05) is 0 Å². The van der Waals surface area contributed by atoms with Crippen LogP contribution in [0.4, 0.5) is 0 Å². The van der Waals surface area contributed by atoms with Crippen molar-refractivity contribution in [2.24, 2.45) is 0 Å². The average molecular weight is 186 g/mol. The third-order valence-corrected chi connectivity index (χ3v) is 1.52.